The Bertz CT molecular complexity index is 1180. The van der Waals surface area contributed by atoms with Gasteiger partial charge in [0.2, 0.25) is 5.78 Å². The number of aromatic nitrogens is 1. The summed E-state index contributed by atoms with van der Waals surface area (Å²) in [7, 11) is 1.51. The van der Waals surface area contributed by atoms with Crippen LogP contribution in [0, 0.1) is 0 Å². The van der Waals surface area contributed by atoms with Crippen molar-refractivity contribution >= 4 is 22.7 Å². The number of hydrogen-bond acceptors (Lipinski definition) is 7. The largest absolute Gasteiger partial charge is 0.503 e. The van der Waals surface area contributed by atoms with Gasteiger partial charge in [-0.15, -0.1) is 0 Å². The molecule has 8 heteroatoms. The lowest BCUT2D eigenvalue weighted by molar-refractivity contribution is -0.130. The minimum atomic E-state index is -0.811. The molecule has 1 unspecified atom stereocenters. The van der Waals surface area contributed by atoms with Crippen molar-refractivity contribution in [2.45, 2.75) is 26.0 Å². The van der Waals surface area contributed by atoms with Crippen LogP contribution < -0.4 is 4.74 Å². The Morgan fingerprint density at radius 2 is 2.09 bits per heavy atom. The topological polar surface area (TPSA) is 102 Å². The molecule has 1 aliphatic rings. The highest BCUT2D eigenvalue weighted by molar-refractivity contribution is 6.16. The maximum absolute atomic E-state index is 13.5. The van der Waals surface area contributed by atoms with Gasteiger partial charge in [-0.25, -0.2) is 0 Å². The predicted molar refractivity (Wildman–Crippen MR) is 117 cm³/mol. The molecule has 3 heterocycles. The molecule has 0 saturated heterocycles. The molecule has 166 valence electrons. The van der Waals surface area contributed by atoms with Crippen molar-refractivity contribution in [1.82, 2.24) is 9.88 Å². The average molecular weight is 436 g/mol. The van der Waals surface area contributed by atoms with Gasteiger partial charge in [-0.05, 0) is 37.6 Å². The van der Waals surface area contributed by atoms with E-state index in [2.05, 4.69) is 4.98 Å². The van der Waals surface area contributed by atoms with E-state index in [9.17, 15) is 14.7 Å². The Morgan fingerprint density at radius 3 is 2.78 bits per heavy atom. The van der Waals surface area contributed by atoms with Crippen molar-refractivity contribution < 1.29 is 28.6 Å². The summed E-state index contributed by atoms with van der Waals surface area (Å²) in [6, 6.07) is 9.55. The fourth-order valence-corrected chi connectivity index (χ4v) is 3.83. The van der Waals surface area contributed by atoms with E-state index in [1.807, 2.05) is 13.8 Å². The standard InChI is InChI=1S/C24H24N2O6/c1-14(2)31-11-10-26-20(16-7-5-9-25-13-16)19(22(28)24(26)29)21(27)18-12-15-6-4-8-17(30-3)23(15)32-18/h4-9,12-14,20,28H,10-11H2,1-3H3. The van der Waals surface area contributed by atoms with Crippen molar-refractivity contribution in [1.29, 1.82) is 0 Å². The minimum absolute atomic E-state index is 0.00743. The molecule has 3 aromatic rings. The van der Waals surface area contributed by atoms with Crippen molar-refractivity contribution in [3.8, 4) is 5.75 Å². The van der Waals surface area contributed by atoms with Gasteiger partial charge in [-0.1, -0.05) is 18.2 Å². The molecule has 32 heavy (non-hydrogen) atoms. The van der Waals surface area contributed by atoms with Crippen LogP contribution in [0.15, 0.2) is 64.5 Å². The van der Waals surface area contributed by atoms with Gasteiger partial charge in [0.25, 0.3) is 5.91 Å². The van der Waals surface area contributed by atoms with Crippen LogP contribution in [-0.4, -0.2) is 53.0 Å². The molecule has 1 amide bonds. The predicted octanol–water partition coefficient (Wildman–Crippen LogP) is 3.84. The highest BCUT2D eigenvalue weighted by Gasteiger charge is 2.44. The first-order chi connectivity index (χ1) is 15.4. The number of Topliss-reactive ketones (excluding diaryl/α,β-unsaturated/α-hetero) is 1. The molecule has 1 atom stereocenters. The van der Waals surface area contributed by atoms with Gasteiger partial charge in [0.05, 0.1) is 31.4 Å². The highest BCUT2D eigenvalue weighted by atomic mass is 16.5. The molecule has 0 bridgehead atoms. The van der Waals surface area contributed by atoms with Gasteiger partial charge in [0.15, 0.2) is 22.9 Å². The van der Waals surface area contributed by atoms with Gasteiger partial charge in [0.1, 0.15) is 0 Å². The summed E-state index contributed by atoms with van der Waals surface area (Å²) >= 11 is 0. The molecule has 0 spiro atoms. The molecule has 1 aromatic carbocycles. The van der Waals surface area contributed by atoms with Crippen molar-refractivity contribution in [2.24, 2.45) is 0 Å². The normalized spacial score (nSPS) is 16.4. The van der Waals surface area contributed by atoms with E-state index in [4.69, 9.17) is 13.9 Å². The lowest BCUT2D eigenvalue weighted by Crippen LogP contribution is -2.34. The number of pyridine rings is 1. The second-order valence-electron chi connectivity index (χ2n) is 7.69. The number of hydrogen-bond donors (Lipinski definition) is 1. The van der Waals surface area contributed by atoms with Crippen molar-refractivity contribution in [2.75, 3.05) is 20.3 Å². The number of nitrogens with zero attached hydrogens (tertiary/aromatic N) is 2. The highest BCUT2D eigenvalue weighted by Crippen LogP contribution is 2.39. The number of amides is 1. The van der Waals surface area contributed by atoms with E-state index in [0.29, 0.717) is 22.3 Å². The zero-order valence-electron chi connectivity index (χ0n) is 18.1. The van der Waals surface area contributed by atoms with Crippen LogP contribution in [-0.2, 0) is 9.53 Å². The molecular weight excluding hydrogens is 412 g/mol. The maximum Gasteiger partial charge on any atom is 0.290 e. The van der Waals surface area contributed by atoms with Gasteiger partial charge in [0, 0.05) is 24.3 Å². The zero-order chi connectivity index (χ0) is 22.8. The first-order valence-corrected chi connectivity index (χ1v) is 10.3. The summed E-state index contributed by atoms with van der Waals surface area (Å²) in [6.45, 7) is 4.25. The number of rotatable bonds is 8. The average Bonchev–Trinajstić information content (AvgIpc) is 3.34. The van der Waals surface area contributed by atoms with E-state index in [0.717, 1.165) is 0 Å². The molecule has 2 aromatic heterocycles. The monoisotopic (exact) mass is 436 g/mol. The third-order valence-electron chi connectivity index (χ3n) is 5.28. The van der Waals surface area contributed by atoms with Gasteiger partial charge in [-0.3, -0.25) is 14.6 Å². The second-order valence-corrected chi connectivity index (χ2v) is 7.69. The van der Waals surface area contributed by atoms with Crippen LogP contribution in [0.2, 0.25) is 0 Å². The van der Waals surface area contributed by atoms with E-state index in [1.165, 1.54) is 12.0 Å². The Kier molecular flexibility index (Phi) is 5.96. The van der Waals surface area contributed by atoms with Crippen LogP contribution in [0.3, 0.4) is 0 Å². The summed E-state index contributed by atoms with van der Waals surface area (Å²) in [4.78, 5) is 32.0. The van der Waals surface area contributed by atoms with Crippen LogP contribution >= 0.6 is 0 Å². The van der Waals surface area contributed by atoms with Crippen LogP contribution in [0.25, 0.3) is 11.0 Å². The number of aliphatic hydroxyl groups excluding tert-OH is 1. The molecule has 1 N–H and O–H groups in total. The van der Waals surface area contributed by atoms with Gasteiger partial charge in [-0.2, -0.15) is 0 Å². The number of para-hydroxylation sites is 1. The summed E-state index contributed by atoms with van der Waals surface area (Å²) in [6.07, 6.45) is 3.16. The lowest BCUT2D eigenvalue weighted by atomic mass is 9.96. The van der Waals surface area contributed by atoms with Gasteiger partial charge < -0.3 is 23.9 Å². The number of furan rings is 1. The van der Waals surface area contributed by atoms with Crippen LogP contribution in [0.4, 0.5) is 0 Å². The smallest absolute Gasteiger partial charge is 0.290 e. The van der Waals surface area contributed by atoms with Crippen molar-refractivity contribution in [3.63, 3.8) is 0 Å². The van der Waals surface area contributed by atoms with E-state index >= 15 is 0 Å². The minimum Gasteiger partial charge on any atom is -0.503 e. The Hall–Kier alpha value is -3.65. The fourth-order valence-electron chi connectivity index (χ4n) is 3.83. The number of benzene rings is 1. The Balaban J connectivity index is 1.75. The summed E-state index contributed by atoms with van der Waals surface area (Å²) in [5.74, 6) is -1.31. The van der Waals surface area contributed by atoms with E-state index in [1.54, 1.807) is 48.8 Å². The molecule has 8 nitrogen and oxygen atoms in total. The van der Waals surface area contributed by atoms with E-state index < -0.39 is 23.5 Å². The fraction of sp³-hybridized carbons (Fsp3) is 0.292. The zero-order valence-corrected chi connectivity index (χ0v) is 18.1. The maximum atomic E-state index is 13.5. The summed E-state index contributed by atoms with van der Waals surface area (Å²) in [5.41, 5.74) is 0.972. The van der Waals surface area contributed by atoms with Gasteiger partial charge >= 0.3 is 0 Å². The second kappa shape index (κ2) is 8.84. The quantitative estimate of drug-likeness (QED) is 0.535. The van der Waals surface area contributed by atoms with Crippen LogP contribution in [0.1, 0.15) is 36.0 Å². The Labute approximate surface area is 185 Å². The summed E-state index contributed by atoms with van der Waals surface area (Å²) < 4.78 is 16.7. The molecule has 0 aliphatic carbocycles. The number of ketones is 1. The molecule has 0 radical (unpaired) electrons. The number of aliphatic hydroxyl groups is 1. The number of carbonyl (C=O) groups is 2. The SMILES string of the molecule is COc1cccc2cc(C(=O)C3=C(O)C(=O)N(CCOC(C)C)C3c3cccnc3)oc12. The number of carbonyl (C=O) groups excluding carboxylic acids is 2. The first-order valence-electron chi connectivity index (χ1n) is 10.3. The molecular formula is C24H24N2O6. The summed E-state index contributed by atoms with van der Waals surface area (Å²) in [5, 5.41) is 11.4. The molecule has 0 saturated carbocycles. The molecule has 4 rings (SSSR count). The third kappa shape index (κ3) is 3.85. The van der Waals surface area contributed by atoms with Crippen LogP contribution in [0.5, 0.6) is 5.75 Å². The lowest BCUT2D eigenvalue weighted by Gasteiger charge is -2.26. The van der Waals surface area contributed by atoms with E-state index in [-0.39, 0.29) is 30.6 Å². The molecule has 1 aliphatic heterocycles. The van der Waals surface area contributed by atoms with Crippen molar-refractivity contribution in [3.05, 3.63) is 71.4 Å². The first kappa shape index (κ1) is 21.6. The third-order valence-corrected chi connectivity index (χ3v) is 5.28. The number of fused-ring (bicyclic) bond motifs is 1. The number of methoxy groups -OCH3 is 1. The Morgan fingerprint density at radius 1 is 1.28 bits per heavy atom. The molecule has 0 fully saturated rings. The number of ether oxygens (including phenoxy) is 2.